The van der Waals surface area contributed by atoms with E-state index in [1.54, 1.807) is 6.07 Å². The van der Waals surface area contributed by atoms with E-state index in [0.29, 0.717) is 17.8 Å². The minimum absolute atomic E-state index is 0.0571. The molecule has 2 atom stereocenters. The molecule has 1 nitrogen and oxygen atoms in total. The third-order valence-corrected chi connectivity index (χ3v) is 4.24. The van der Waals surface area contributed by atoms with Gasteiger partial charge in [0.2, 0.25) is 0 Å². The molecular formula is C17H26FN. The summed E-state index contributed by atoms with van der Waals surface area (Å²) in [5.41, 5.74) is 1.94. The van der Waals surface area contributed by atoms with Gasteiger partial charge < -0.3 is 5.32 Å². The van der Waals surface area contributed by atoms with Gasteiger partial charge in [0.1, 0.15) is 5.82 Å². The summed E-state index contributed by atoms with van der Waals surface area (Å²) < 4.78 is 13.7. The number of hydrogen-bond acceptors (Lipinski definition) is 1. The van der Waals surface area contributed by atoms with E-state index in [0.717, 1.165) is 18.7 Å². The Balaban J connectivity index is 1.99. The Bertz CT molecular complexity index is 414. The second kappa shape index (κ2) is 6.51. The van der Waals surface area contributed by atoms with Crippen molar-refractivity contribution in [3.05, 3.63) is 35.1 Å². The maximum atomic E-state index is 13.7. The number of rotatable bonds is 5. The van der Waals surface area contributed by atoms with Crippen molar-refractivity contribution in [1.29, 1.82) is 0 Å². The quantitative estimate of drug-likeness (QED) is 0.837. The van der Waals surface area contributed by atoms with Gasteiger partial charge in [-0.25, -0.2) is 4.39 Å². The molecule has 0 bridgehead atoms. The highest BCUT2D eigenvalue weighted by Gasteiger charge is 2.28. The van der Waals surface area contributed by atoms with Crippen LogP contribution in [0.5, 0.6) is 0 Å². The van der Waals surface area contributed by atoms with Crippen molar-refractivity contribution in [2.24, 2.45) is 11.8 Å². The van der Waals surface area contributed by atoms with Crippen LogP contribution in [-0.4, -0.2) is 13.1 Å². The minimum Gasteiger partial charge on any atom is -0.316 e. The molecule has 0 heterocycles. The molecule has 1 aromatic carbocycles. The smallest absolute Gasteiger partial charge is 0.126 e. The first-order valence-corrected chi connectivity index (χ1v) is 7.54. The number of nitrogens with one attached hydrogen (secondary N) is 1. The van der Waals surface area contributed by atoms with Crippen LogP contribution in [-0.2, 0) is 0 Å². The molecule has 0 spiro atoms. The van der Waals surface area contributed by atoms with Gasteiger partial charge in [-0.15, -0.1) is 0 Å². The van der Waals surface area contributed by atoms with Gasteiger partial charge in [-0.2, -0.15) is 0 Å². The van der Waals surface area contributed by atoms with Gasteiger partial charge in [0.05, 0.1) is 0 Å². The fourth-order valence-electron chi connectivity index (χ4n) is 3.12. The van der Waals surface area contributed by atoms with Crippen LogP contribution in [0.4, 0.5) is 4.39 Å². The Morgan fingerprint density at radius 2 is 2.11 bits per heavy atom. The van der Waals surface area contributed by atoms with Crippen LogP contribution < -0.4 is 5.32 Å². The first-order valence-electron chi connectivity index (χ1n) is 7.54. The summed E-state index contributed by atoms with van der Waals surface area (Å²) >= 11 is 0. The molecule has 1 saturated carbocycles. The molecule has 19 heavy (non-hydrogen) atoms. The van der Waals surface area contributed by atoms with E-state index >= 15 is 0 Å². The average molecular weight is 263 g/mol. The van der Waals surface area contributed by atoms with E-state index in [1.807, 2.05) is 13.0 Å². The Labute approximate surface area is 116 Å². The van der Waals surface area contributed by atoms with Gasteiger partial charge in [0.25, 0.3) is 0 Å². The second-order valence-corrected chi connectivity index (χ2v) is 6.36. The van der Waals surface area contributed by atoms with Crippen molar-refractivity contribution in [2.45, 2.75) is 46.0 Å². The maximum absolute atomic E-state index is 13.7. The first kappa shape index (κ1) is 14.5. The lowest BCUT2D eigenvalue weighted by Crippen LogP contribution is -2.27. The normalized spacial score (nSPS) is 23.2. The molecule has 0 aliphatic heterocycles. The Morgan fingerprint density at radius 3 is 2.79 bits per heavy atom. The number of benzene rings is 1. The van der Waals surface area contributed by atoms with Crippen LogP contribution in [0, 0.1) is 24.6 Å². The highest BCUT2D eigenvalue weighted by molar-refractivity contribution is 5.27. The summed E-state index contributed by atoms with van der Waals surface area (Å²) in [6, 6.07) is 5.78. The van der Waals surface area contributed by atoms with Crippen molar-refractivity contribution in [3.8, 4) is 0 Å². The fourth-order valence-corrected chi connectivity index (χ4v) is 3.12. The highest BCUT2D eigenvalue weighted by Crippen LogP contribution is 2.39. The average Bonchev–Trinajstić information content (AvgIpc) is 2.80. The third-order valence-electron chi connectivity index (χ3n) is 4.24. The molecule has 0 saturated heterocycles. The zero-order valence-electron chi connectivity index (χ0n) is 12.4. The van der Waals surface area contributed by atoms with Crippen LogP contribution in [0.15, 0.2) is 18.2 Å². The highest BCUT2D eigenvalue weighted by atomic mass is 19.1. The fraction of sp³-hybridized carbons (Fsp3) is 0.647. The number of halogens is 1. The first-order chi connectivity index (χ1) is 9.08. The molecule has 1 aromatic rings. The Kier molecular flexibility index (Phi) is 4.98. The van der Waals surface area contributed by atoms with E-state index < -0.39 is 0 Å². The van der Waals surface area contributed by atoms with Crippen molar-refractivity contribution in [1.82, 2.24) is 5.32 Å². The molecule has 2 heteroatoms. The molecule has 106 valence electrons. The van der Waals surface area contributed by atoms with Crippen LogP contribution in [0.3, 0.4) is 0 Å². The van der Waals surface area contributed by atoms with Gasteiger partial charge in [0, 0.05) is 0 Å². The topological polar surface area (TPSA) is 12.0 Å². The zero-order valence-corrected chi connectivity index (χ0v) is 12.4. The molecule has 1 aliphatic carbocycles. The number of aryl methyl sites for hydroxylation is 1. The minimum atomic E-state index is -0.0571. The van der Waals surface area contributed by atoms with E-state index in [4.69, 9.17) is 0 Å². The van der Waals surface area contributed by atoms with Crippen LogP contribution in [0.2, 0.25) is 0 Å². The molecule has 1 aliphatic rings. The SMILES string of the molecule is Cc1ccc(C2CCCC2CNCC(C)C)cc1F. The molecule has 2 unspecified atom stereocenters. The van der Waals surface area contributed by atoms with E-state index in [-0.39, 0.29) is 5.82 Å². The lowest BCUT2D eigenvalue weighted by atomic mass is 9.88. The van der Waals surface area contributed by atoms with Crippen molar-refractivity contribution in [3.63, 3.8) is 0 Å². The molecule has 1 fully saturated rings. The lowest BCUT2D eigenvalue weighted by molar-refractivity contribution is 0.424. The van der Waals surface area contributed by atoms with Crippen molar-refractivity contribution in [2.75, 3.05) is 13.1 Å². The largest absolute Gasteiger partial charge is 0.316 e. The van der Waals surface area contributed by atoms with Crippen molar-refractivity contribution < 1.29 is 4.39 Å². The Hall–Kier alpha value is -0.890. The van der Waals surface area contributed by atoms with Crippen LogP contribution in [0.25, 0.3) is 0 Å². The summed E-state index contributed by atoms with van der Waals surface area (Å²) in [4.78, 5) is 0. The van der Waals surface area contributed by atoms with E-state index in [1.165, 1.54) is 24.8 Å². The molecule has 0 radical (unpaired) electrons. The number of hydrogen-bond donors (Lipinski definition) is 1. The summed E-state index contributed by atoms with van der Waals surface area (Å²) in [6.45, 7) is 8.43. The molecule has 0 aromatic heterocycles. The van der Waals surface area contributed by atoms with E-state index in [2.05, 4.69) is 25.2 Å². The molecule has 0 amide bonds. The molecule has 1 N–H and O–H groups in total. The van der Waals surface area contributed by atoms with Gasteiger partial charge in [-0.05, 0) is 67.8 Å². The van der Waals surface area contributed by atoms with Gasteiger partial charge in [0.15, 0.2) is 0 Å². The standard InChI is InChI=1S/C17H26FN/c1-12(2)10-19-11-15-5-4-6-16(15)14-8-7-13(3)17(18)9-14/h7-9,12,15-16,19H,4-6,10-11H2,1-3H3. The Morgan fingerprint density at radius 1 is 1.32 bits per heavy atom. The zero-order chi connectivity index (χ0) is 13.8. The summed E-state index contributed by atoms with van der Waals surface area (Å²) in [5.74, 6) is 1.84. The summed E-state index contributed by atoms with van der Waals surface area (Å²) in [7, 11) is 0. The summed E-state index contributed by atoms with van der Waals surface area (Å²) in [5, 5.41) is 3.56. The van der Waals surface area contributed by atoms with Crippen LogP contribution >= 0.6 is 0 Å². The van der Waals surface area contributed by atoms with Crippen LogP contribution in [0.1, 0.15) is 50.2 Å². The predicted molar refractivity (Wildman–Crippen MR) is 78.9 cm³/mol. The van der Waals surface area contributed by atoms with E-state index in [9.17, 15) is 4.39 Å². The summed E-state index contributed by atoms with van der Waals surface area (Å²) in [6.07, 6.45) is 3.75. The third kappa shape index (κ3) is 3.79. The maximum Gasteiger partial charge on any atom is 0.126 e. The van der Waals surface area contributed by atoms with Crippen molar-refractivity contribution >= 4 is 0 Å². The molecular weight excluding hydrogens is 237 g/mol. The molecule has 2 rings (SSSR count). The van der Waals surface area contributed by atoms with Gasteiger partial charge in [-0.1, -0.05) is 32.4 Å². The van der Waals surface area contributed by atoms with Gasteiger partial charge >= 0.3 is 0 Å². The lowest BCUT2D eigenvalue weighted by Gasteiger charge is -2.21. The monoisotopic (exact) mass is 263 g/mol. The van der Waals surface area contributed by atoms with Gasteiger partial charge in [-0.3, -0.25) is 0 Å². The second-order valence-electron chi connectivity index (χ2n) is 6.36. The predicted octanol–water partition coefficient (Wildman–Crippen LogP) is 4.26.